The first-order valence-electron chi connectivity index (χ1n) is 7.99. The lowest BCUT2D eigenvalue weighted by molar-refractivity contribution is -0.133. The van der Waals surface area contributed by atoms with Gasteiger partial charge < -0.3 is 20.2 Å². The molecule has 25 heavy (non-hydrogen) atoms. The predicted octanol–water partition coefficient (Wildman–Crippen LogP) is 1.84. The van der Waals surface area contributed by atoms with Gasteiger partial charge >= 0.3 is 11.9 Å². The zero-order chi connectivity index (χ0) is 19.6. The SMILES string of the molecule is CC(=CCC(=CC=C(CC(C)C)C(=O)O)C(=O)O)C(=O)N(C)CCO. The number of carboxylic acids is 2. The van der Waals surface area contributed by atoms with Crippen LogP contribution in [0.3, 0.4) is 0 Å². The van der Waals surface area contributed by atoms with Crippen molar-refractivity contribution in [1.29, 1.82) is 0 Å². The van der Waals surface area contributed by atoms with Crippen LogP contribution in [-0.2, 0) is 14.4 Å². The molecular formula is C18H27NO6. The van der Waals surface area contributed by atoms with Crippen molar-refractivity contribution < 1.29 is 29.7 Å². The van der Waals surface area contributed by atoms with E-state index in [9.17, 15) is 19.5 Å². The Morgan fingerprint density at radius 3 is 2.00 bits per heavy atom. The Hall–Kier alpha value is -2.41. The van der Waals surface area contributed by atoms with Gasteiger partial charge in [0.2, 0.25) is 5.91 Å². The second-order valence-electron chi connectivity index (χ2n) is 6.13. The predicted molar refractivity (Wildman–Crippen MR) is 94.0 cm³/mol. The molecule has 0 rings (SSSR count). The fourth-order valence-corrected chi connectivity index (χ4v) is 2.00. The number of aliphatic carboxylic acids is 2. The van der Waals surface area contributed by atoms with E-state index < -0.39 is 11.9 Å². The maximum absolute atomic E-state index is 12.0. The van der Waals surface area contributed by atoms with Crippen molar-refractivity contribution >= 4 is 17.8 Å². The third-order valence-electron chi connectivity index (χ3n) is 3.41. The molecule has 0 aliphatic rings. The van der Waals surface area contributed by atoms with Crippen molar-refractivity contribution in [2.75, 3.05) is 20.2 Å². The monoisotopic (exact) mass is 353 g/mol. The summed E-state index contributed by atoms with van der Waals surface area (Å²) in [6.45, 7) is 5.34. The lowest BCUT2D eigenvalue weighted by atomic mass is 10.0. The van der Waals surface area contributed by atoms with Gasteiger partial charge in [-0.05, 0) is 25.7 Å². The van der Waals surface area contributed by atoms with E-state index in [1.54, 1.807) is 6.92 Å². The van der Waals surface area contributed by atoms with Crippen LogP contribution in [0.1, 0.15) is 33.6 Å². The van der Waals surface area contributed by atoms with Crippen LogP contribution in [0.2, 0.25) is 0 Å². The molecule has 0 radical (unpaired) electrons. The molecule has 0 aromatic carbocycles. The van der Waals surface area contributed by atoms with Gasteiger partial charge in [0, 0.05) is 30.3 Å². The lowest BCUT2D eigenvalue weighted by Gasteiger charge is -2.15. The number of carbonyl (C=O) groups excluding carboxylic acids is 1. The summed E-state index contributed by atoms with van der Waals surface area (Å²) in [7, 11) is 1.54. The van der Waals surface area contributed by atoms with Crippen LogP contribution in [0.4, 0.5) is 0 Å². The molecule has 0 saturated carbocycles. The van der Waals surface area contributed by atoms with E-state index in [-0.39, 0.29) is 42.5 Å². The molecule has 0 aromatic rings. The number of carbonyl (C=O) groups is 3. The van der Waals surface area contributed by atoms with Crippen molar-refractivity contribution in [2.45, 2.75) is 33.6 Å². The van der Waals surface area contributed by atoms with Gasteiger partial charge in [-0.25, -0.2) is 9.59 Å². The van der Waals surface area contributed by atoms with Crippen molar-refractivity contribution in [1.82, 2.24) is 4.90 Å². The van der Waals surface area contributed by atoms with Gasteiger partial charge in [0.05, 0.1) is 6.61 Å². The molecule has 0 bridgehead atoms. The van der Waals surface area contributed by atoms with E-state index in [4.69, 9.17) is 10.2 Å². The Labute approximate surface area is 148 Å². The first-order chi connectivity index (χ1) is 11.6. The van der Waals surface area contributed by atoms with Gasteiger partial charge in [0.15, 0.2) is 0 Å². The van der Waals surface area contributed by atoms with Crippen molar-refractivity contribution in [3.05, 3.63) is 34.9 Å². The summed E-state index contributed by atoms with van der Waals surface area (Å²) in [5, 5.41) is 27.2. The minimum absolute atomic E-state index is 0.00898. The molecule has 0 aromatic heterocycles. The molecule has 0 atom stereocenters. The first-order valence-corrected chi connectivity index (χ1v) is 7.99. The van der Waals surface area contributed by atoms with Gasteiger partial charge in [-0.1, -0.05) is 32.1 Å². The van der Waals surface area contributed by atoms with Crippen molar-refractivity contribution in [3.63, 3.8) is 0 Å². The van der Waals surface area contributed by atoms with Crippen LogP contribution < -0.4 is 0 Å². The molecule has 0 saturated heterocycles. The fraction of sp³-hybridized carbons (Fsp3) is 0.500. The van der Waals surface area contributed by atoms with Gasteiger partial charge in [-0.15, -0.1) is 0 Å². The van der Waals surface area contributed by atoms with Crippen LogP contribution in [0.5, 0.6) is 0 Å². The number of rotatable bonds is 10. The van der Waals surface area contributed by atoms with E-state index in [1.165, 1.54) is 30.2 Å². The minimum atomic E-state index is -1.18. The molecule has 7 heteroatoms. The van der Waals surface area contributed by atoms with E-state index in [0.29, 0.717) is 12.0 Å². The van der Waals surface area contributed by atoms with Gasteiger partial charge in [-0.2, -0.15) is 0 Å². The number of carboxylic acid groups (broad SMARTS) is 2. The van der Waals surface area contributed by atoms with Crippen LogP contribution in [0, 0.1) is 5.92 Å². The average Bonchev–Trinajstić information content (AvgIpc) is 2.51. The van der Waals surface area contributed by atoms with Crippen molar-refractivity contribution in [2.24, 2.45) is 5.92 Å². The average molecular weight is 353 g/mol. The number of amides is 1. The topological polar surface area (TPSA) is 115 Å². The highest BCUT2D eigenvalue weighted by Crippen LogP contribution is 2.13. The van der Waals surface area contributed by atoms with E-state index >= 15 is 0 Å². The van der Waals surface area contributed by atoms with Crippen LogP contribution in [0.25, 0.3) is 0 Å². The maximum Gasteiger partial charge on any atom is 0.331 e. The highest BCUT2D eigenvalue weighted by molar-refractivity contribution is 5.93. The fourth-order valence-electron chi connectivity index (χ4n) is 2.00. The molecule has 0 aliphatic heterocycles. The minimum Gasteiger partial charge on any atom is -0.478 e. The summed E-state index contributed by atoms with van der Waals surface area (Å²) in [5.41, 5.74) is 0.473. The Kier molecular flexibility index (Phi) is 10.1. The molecule has 0 fully saturated rings. The number of likely N-dealkylation sites (N-methyl/N-ethyl adjacent to an activating group) is 1. The summed E-state index contributed by atoms with van der Waals surface area (Å²) in [6.07, 6.45) is 4.37. The highest BCUT2D eigenvalue weighted by atomic mass is 16.4. The normalized spacial score (nSPS) is 13.1. The van der Waals surface area contributed by atoms with Crippen LogP contribution in [0.15, 0.2) is 34.9 Å². The number of nitrogens with zero attached hydrogens (tertiary/aromatic N) is 1. The number of hydrogen-bond donors (Lipinski definition) is 3. The molecular weight excluding hydrogens is 326 g/mol. The quantitative estimate of drug-likeness (QED) is 0.408. The third kappa shape index (κ3) is 8.85. The van der Waals surface area contributed by atoms with Gasteiger partial charge in [0.1, 0.15) is 0 Å². The van der Waals surface area contributed by atoms with Crippen molar-refractivity contribution in [3.8, 4) is 0 Å². The Balaban J connectivity index is 5.30. The van der Waals surface area contributed by atoms with Gasteiger partial charge in [0.25, 0.3) is 0 Å². The van der Waals surface area contributed by atoms with E-state index in [0.717, 1.165) is 0 Å². The highest BCUT2D eigenvalue weighted by Gasteiger charge is 2.12. The van der Waals surface area contributed by atoms with E-state index in [1.807, 2.05) is 13.8 Å². The maximum atomic E-state index is 12.0. The number of allylic oxidation sites excluding steroid dienone is 3. The summed E-state index contributed by atoms with van der Waals surface area (Å²) < 4.78 is 0. The number of aliphatic hydroxyl groups is 1. The second-order valence-corrected chi connectivity index (χ2v) is 6.13. The first kappa shape index (κ1) is 22.6. The smallest absolute Gasteiger partial charge is 0.331 e. The largest absolute Gasteiger partial charge is 0.478 e. The molecule has 0 unspecified atom stereocenters. The number of hydrogen-bond acceptors (Lipinski definition) is 4. The summed E-state index contributed by atoms with van der Waals surface area (Å²) >= 11 is 0. The Morgan fingerprint density at radius 1 is 1.04 bits per heavy atom. The molecule has 140 valence electrons. The summed E-state index contributed by atoms with van der Waals surface area (Å²) in [5.74, 6) is -2.43. The number of aliphatic hydroxyl groups excluding tert-OH is 1. The molecule has 3 N–H and O–H groups in total. The summed E-state index contributed by atoms with van der Waals surface area (Å²) in [6, 6.07) is 0. The Bertz CT molecular complexity index is 586. The molecule has 7 nitrogen and oxygen atoms in total. The zero-order valence-electron chi connectivity index (χ0n) is 15.2. The van der Waals surface area contributed by atoms with Gasteiger partial charge in [-0.3, -0.25) is 4.79 Å². The summed E-state index contributed by atoms with van der Waals surface area (Å²) in [4.78, 5) is 35.8. The lowest BCUT2D eigenvalue weighted by Crippen LogP contribution is -2.30. The standard InChI is InChI=1S/C18H27NO6/c1-12(2)11-15(18(24)25)8-7-14(17(22)23)6-5-13(3)16(21)19(4)9-10-20/h5,7-8,12,20H,6,9-11H2,1-4H3,(H,22,23)(H,24,25). The second kappa shape index (κ2) is 11.2. The van der Waals surface area contributed by atoms with E-state index in [2.05, 4.69) is 0 Å². The Morgan fingerprint density at radius 2 is 1.56 bits per heavy atom. The molecule has 1 amide bonds. The molecule has 0 heterocycles. The zero-order valence-corrected chi connectivity index (χ0v) is 15.2. The molecule has 0 aliphatic carbocycles. The van der Waals surface area contributed by atoms with Crippen LogP contribution >= 0.6 is 0 Å². The molecule has 0 spiro atoms. The third-order valence-corrected chi connectivity index (χ3v) is 3.41. The van der Waals surface area contributed by atoms with Crippen LogP contribution in [-0.4, -0.2) is 58.3 Å².